The van der Waals surface area contributed by atoms with Gasteiger partial charge in [0.05, 0.1) is 42.2 Å². The number of halogens is 1. The smallest absolute Gasteiger partial charge is 0.0912 e. The number of morpholine rings is 1. The normalized spacial score (nSPS) is 21.9. The van der Waals surface area contributed by atoms with E-state index < -0.39 is 0 Å². The van der Waals surface area contributed by atoms with E-state index in [0.29, 0.717) is 5.02 Å². The van der Waals surface area contributed by atoms with Gasteiger partial charge in [-0.15, -0.1) is 0 Å². The minimum atomic E-state index is 0.0462. The molecular weight excluding hydrogens is 290 g/mol. The van der Waals surface area contributed by atoms with Crippen molar-refractivity contribution >= 4 is 11.6 Å². The maximum atomic E-state index is 6.38. The highest BCUT2D eigenvalue weighted by molar-refractivity contribution is 6.31. The molecule has 1 aliphatic heterocycles. The van der Waals surface area contributed by atoms with Crippen LogP contribution in [0.15, 0.2) is 6.20 Å². The molecule has 1 aromatic heterocycles. The molecule has 0 saturated carbocycles. The highest BCUT2D eigenvalue weighted by atomic mass is 35.5. The number of nitrogens with zero attached hydrogens (tertiary/aromatic N) is 4. The van der Waals surface area contributed by atoms with Crippen LogP contribution in [-0.2, 0) is 11.3 Å². The van der Waals surface area contributed by atoms with E-state index in [0.717, 1.165) is 38.5 Å². The molecule has 0 bridgehead atoms. The summed E-state index contributed by atoms with van der Waals surface area (Å²) in [7, 11) is 8.18. The Bertz CT molecular complexity index is 451. The molecule has 2 heterocycles. The van der Waals surface area contributed by atoms with Crippen LogP contribution in [0.3, 0.4) is 0 Å². The molecule has 2 unspecified atom stereocenters. The quantitative estimate of drug-likeness (QED) is 0.837. The van der Waals surface area contributed by atoms with E-state index >= 15 is 0 Å². The number of hydrogen-bond acceptors (Lipinski definition) is 5. The minimum Gasteiger partial charge on any atom is -0.374 e. The Morgan fingerprint density at radius 3 is 2.95 bits per heavy atom. The third kappa shape index (κ3) is 4.17. The summed E-state index contributed by atoms with van der Waals surface area (Å²) in [5, 5.41) is 8.47. The summed E-state index contributed by atoms with van der Waals surface area (Å²) < 4.78 is 7.93. The van der Waals surface area contributed by atoms with E-state index in [1.807, 2.05) is 11.7 Å². The molecule has 2 atom stereocenters. The van der Waals surface area contributed by atoms with Gasteiger partial charge >= 0.3 is 0 Å². The molecule has 6 nitrogen and oxygen atoms in total. The Balaban J connectivity index is 2.18. The van der Waals surface area contributed by atoms with Crippen LogP contribution in [0.1, 0.15) is 11.7 Å². The lowest BCUT2D eigenvalue weighted by molar-refractivity contribution is -0.0394. The molecule has 120 valence electrons. The second-order valence-corrected chi connectivity index (χ2v) is 6.25. The zero-order valence-corrected chi connectivity index (χ0v) is 14.1. The topological polar surface area (TPSA) is 45.6 Å². The first-order chi connectivity index (χ1) is 10.0. The van der Waals surface area contributed by atoms with Gasteiger partial charge in [0.1, 0.15) is 0 Å². The molecule has 21 heavy (non-hydrogen) atoms. The van der Waals surface area contributed by atoms with Gasteiger partial charge in [0.2, 0.25) is 0 Å². The molecule has 0 amide bonds. The Morgan fingerprint density at radius 2 is 2.33 bits per heavy atom. The van der Waals surface area contributed by atoms with Crippen molar-refractivity contribution in [2.75, 3.05) is 54.4 Å². The van der Waals surface area contributed by atoms with Crippen LogP contribution in [0.4, 0.5) is 0 Å². The lowest BCUT2D eigenvalue weighted by Gasteiger charge is -2.35. The molecule has 0 aromatic carbocycles. The average molecular weight is 316 g/mol. The fourth-order valence-electron chi connectivity index (χ4n) is 2.67. The number of aromatic nitrogens is 2. The number of nitrogens with one attached hydrogen (secondary N) is 1. The lowest BCUT2D eigenvalue weighted by atomic mass is 10.1. The Kier molecular flexibility index (Phi) is 6.01. The van der Waals surface area contributed by atoms with Gasteiger partial charge in [0.25, 0.3) is 0 Å². The van der Waals surface area contributed by atoms with Gasteiger partial charge in [-0.1, -0.05) is 11.6 Å². The molecule has 1 saturated heterocycles. The summed E-state index contributed by atoms with van der Waals surface area (Å²) in [4.78, 5) is 4.42. The molecule has 1 aliphatic rings. The van der Waals surface area contributed by atoms with E-state index in [4.69, 9.17) is 16.3 Å². The second-order valence-electron chi connectivity index (χ2n) is 5.84. The maximum absolute atomic E-state index is 6.38. The average Bonchev–Trinajstić information content (AvgIpc) is 2.79. The van der Waals surface area contributed by atoms with Crippen molar-refractivity contribution in [3.63, 3.8) is 0 Å². The largest absolute Gasteiger partial charge is 0.374 e. The molecule has 0 radical (unpaired) electrons. The molecule has 2 rings (SSSR count). The molecule has 1 fully saturated rings. The summed E-state index contributed by atoms with van der Waals surface area (Å²) in [6, 6.07) is 0.0462. The predicted molar refractivity (Wildman–Crippen MR) is 84.8 cm³/mol. The molecule has 1 aromatic rings. The first kappa shape index (κ1) is 16.7. The van der Waals surface area contributed by atoms with Crippen LogP contribution in [0.5, 0.6) is 0 Å². The first-order valence-electron chi connectivity index (χ1n) is 7.36. The standard InChI is InChI=1S/C14H26ClN5O/c1-16-13(12-10-19(4)7-8-21-12)14-11(15)9-17-20(14)6-5-18(2)3/h9,12-13,16H,5-8,10H2,1-4H3. The second kappa shape index (κ2) is 7.56. The van der Waals surface area contributed by atoms with Gasteiger partial charge in [-0.25, -0.2) is 0 Å². The number of ether oxygens (including phenoxy) is 1. The maximum Gasteiger partial charge on any atom is 0.0912 e. The molecular formula is C14H26ClN5O. The van der Waals surface area contributed by atoms with Crippen LogP contribution in [0, 0.1) is 0 Å². The molecule has 0 aliphatic carbocycles. The first-order valence-corrected chi connectivity index (χ1v) is 7.74. The Labute approximate surface area is 132 Å². The van der Waals surface area contributed by atoms with Crippen molar-refractivity contribution < 1.29 is 4.74 Å². The van der Waals surface area contributed by atoms with E-state index in [1.54, 1.807) is 6.20 Å². The van der Waals surface area contributed by atoms with Gasteiger partial charge in [0, 0.05) is 19.6 Å². The van der Waals surface area contributed by atoms with Crippen molar-refractivity contribution in [3.05, 3.63) is 16.9 Å². The van der Waals surface area contributed by atoms with Crippen LogP contribution in [-0.4, -0.2) is 80.1 Å². The van der Waals surface area contributed by atoms with E-state index in [2.05, 4.69) is 41.4 Å². The van der Waals surface area contributed by atoms with E-state index in [-0.39, 0.29) is 12.1 Å². The van der Waals surface area contributed by atoms with Gasteiger partial charge in [0.15, 0.2) is 0 Å². The highest BCUT2D eigenvalue weighted by Crippen LogP contribution is 2.28. The molecule has 7 heteroatoms. The predicted octanol–water partition coefficient (Wildman–Crippen LogP) is 0.689. The summed E-state index contributed by atoms with van der Waals surface area (Å²) in [6.07, 6.45) is 1.81. The highest BCUT2D eigenvalue weighted by Gasteiger charge is 2.31. The van der Waals surface area contributed by atoms with Gasteiger partial charge in [-0.05, 0) is 28.2 Å². The lowest BCUT2D eigenvalue weighted by Crippen LogP contribution is -2.46. The van der Waals surface area contributed by atoms with Crippen molar-refractivity contribution in [1.82, 2.24) is 24.9 Å². The van der Waals surface area contributed by atoms with Gasteiger partial charge in [-0.3, -0.25) is 4.68 Å². The Hall–Kier alpha value is -0.660. The number of likely N-dealkylation sites (N-methyl/N-ethyl adjacent to an activating group) is 3. The monoisotopic (exact) mass is 315 g/mol. The number of rotatable bonds is 6. The van der Waals surface area contributed by atoms with Crippen LogP contribution in [0.2, 0.25) is 5.02 Å². The third-order valence-electron chi connectivity index (χ3n) is 3.87. The van der Waals surface area contributed by atoms with Crippen molar-refractivity contribution in [2.24, 2.45) is 0 Å². The summed E-state index contributed by atoms with van der Waals surface area (Å²) in [6.45, 7) is 4.35. The van der Waals surface area contributed by atoms with E-state index in [9.17, 15) is 0 Å². The fraction of sp³-hybridized carbons (Fsp3) is 0.786. The Morgan fingerprint density at radius 1 is 1.57 bits per heavy atom. The van der Waals surface area contributed by atoms with Gasteiger partial charge in [-0.2, -0.15) is 5.10 Å². The summed E-state index contributed by atoms with van der Waals surface area (Å²) in [5.74, 6) is 0. The van der Waals surface area contributed by atoms with E-state index in [1.165, 1.54) is 0 Å². The number of hydrogen-bond donors (Lipinski definition) is 1. The van der Waals surface area contributed by atoms with Crippen molar-refractivity contribution in [3.8, 4) is 0 Å². The summed E-state index contributed by atoms with van der Waals surface area (Å²) in [5.41, 5.74) is 1.02. The van der Waals surface area contributed by atoms with Gasteiger partial charge < -0.3 is 19.9 Å². The third-order valence-corrected chi connectivity index (χ3v) is 4.16. The fourth-order valence-corrected chi connectivity index (χ4v) is 2.92. The van der Waals surface area contributed by atoms with Crippen LogP contribution < -0.4 is 5.32 Å². The SMILES string of the molecule is CNC(c1c(Cl)cnn1CCN(C)C)C1CN(C)CCO1. The molecule has 1 N–H and O–H groups in total. The zero-order valence-electron chi connectivity index (χ0n) is 13.3. The van der Waals surface area contributed by atoms with Crippen molar-refractivity contribution in [1.29, 1.82) is 0 Å². The minimum absolute atomic E-state index is 0.0462. The van der Waals surface area contributed by atoms with Crippen LogP contribution in [0.25, 0.3) is 0 Å². The molecule has 0 spiro atoms. The summed E-state index contributed by atoms with van der Waals surface area (Å²) >= 11 is 6.38. The van der Waals surface area contributed by atoms with Crippen molar-refractivity contribution in [2.45, 2.75) is 18.7 Å². The van der Waals surface area contributed by atoms with Crippen LogP contribution >= 0.6 is 11.6 Å². The zero-order chi connectivity index (χ0) is 15.4.